The van der Waals surface area contributed by atoms with Crippen molar-refractivity contribution in [1.29, 1.82) is 0 Å². The highest BCUT2D eigenvalue weighted by atomic mass is 32.2. The zero-order valence-corrected chi connectivity index (χ0v) is 16.8. The number of carbonyl (C=O) groups is 1. The number of carbonyl (C=O) groups excluding carboxylic acids is 1. The van der Waals surface area contributed by atoms with E-state index in [1.165, 1.54) is 22.5 Å². The Bertz CT molecular complexity index is 1130. The van der Waals surface area contributed by atoms with Gasteiger partial charge in [-0.1, -0.05) is 36.4 Å². The van der Waals surface area contributed by atoms with Crippen molar-refractivity contribution in [3.05, 3.63) is 96.7 Å². The first-order chi connectivity index (χ1) is 13.9. The first-order valence-corrected chi connectivity index (χ1v) is 10.4. The fourth-order valence-electron chi connectivity index (χ4n) is 2.78. The summed E-state index contributed by atoms with van der Waals surface area (Å²) >= 11 is 0. The minimum absolute atomic E-state index is 0.0213. The number of rotatable bonds is 7. The summed E-state index contributed by atoms with van der Waals surface area (Å²) in [4.78, 5) is 16.8. The van der Waals surface area contributed by atoms with E-state index in [2.05, 4.69) is 16.9 Å². The molecule has 0 unspecified atom stereocenters. The van der Waals surface area contributed by atoms with E-state index in [-0.39, 0.29) is 17.0 Å². The summed E-state index contributed by atoms with van der Waals surface area (Å²) in [5.41, 5.74) is 1.51. The molecular weight excluding hydrogens is 386 g/mol. The Morgan fingerprint density at radius 2 is 1.79 bits per heavy atom. The molecule has 0 aliphatic carbocycles. The van der Waals surface area contributed by atoms with Crippen LogP contribution in [0.4, 0.5) is 11.5 Å². The molecule has 1 aromatic heterocycles. The Morgan fingerprint density at radius 1 is 1.07 bits per heavy atom. The van der Waals surface area contributed by atoms with Crippen LogP contribution in [-0.4, -0.2) is 25.9 Å². The molecule has 1 amide bonds. The van der Waals surface area contributed by atoms with Crippen molar-refractivity contribution >= 4 is 27.4 Å². The summed E-state index contributed by atoms with van der Waals surface area (Å²) in [5, 5.41) is 2.69. The maximum absolute atomic E-state index is 13.2. The van der Waals surface area contributed by atoms with E-state index in [1.807, 2.05) is 19.1 Å². The largest absolute Gasteiger partial charge is 0.307 e. The summed E-state index contributed by atoms with van der Waals surface area (Å²) in [6.45, 7) is 5.58. The molecular formula is C22H21N3O3S. The summed E-state index contributed by atoms with van der Waals surface area (Å²) in [6.07, 6.45) is 1.52. The highest BCUT2D eigenvalue weighted by Gasteiger charge is 2.24. The maximum atomic E-state index is 13.2. The Hall–Kier alpha value is -3.45. The van der Waals surface area contributed by atoms with E-state index < -0.39 is 15.9 Å². The Kier molecular flexibility index (Phi) is 6.09. The lowest BCUT2D eigenvalue weighted by Crippen LogP contribution is -2.31. The predicted octanol–water partition coefficient (Wildman–Crippen LogP) is 4.02. The minimum Gasteiger partial charge on any atom is -0.307 e. The van der Waals surface area contributed by atoms with Crippen LogP contribution in [0.5, 0.6) is 0 Å². The molecule has 0 atom stereocenters. The van der Waals surface area contributed by atoms with Crippen molar-refractivity contribution in [2.24, 2.45) is 0 Å². The monoisotopic (exact) mass is 407 g/mol. The molecule has 1 N–H and O–H groups in total. The first kappa shape index (κ1) is 20.3. The van der Waals surface area contributed by atoms with Gasteiger partial charge in [-0.05, 0) is 49.4 Å². The van der Waals surface area contributed by atoms with E-state index in [0.717, 1.165) is 5.69 Å². The van der Waals surface area contributed by atoms with E-state index in [1.54, 1.807) is 48.5 Å². The summed E-state index contributed by atoms with van der Waals surface area (Å²) in [6, 6.07) is 20.0. The van der Waals surface area contributed by atoms with Crippen molar-refractivity contribution < 1.29 is 13.2 Å². The van der Waals surface area contributed by atoms with Gasteiger partial charge >= 0.3 is 0 Å². The average molecular weight is 407 g/mol. The molecule has 0 aliphatic rings. The van der Waals surface area contributed by atoms with Crippen LogP contribution in [0.2, 0.25) is 0 Å². The number of nitrogens with zero attached hydrogens (tertiary/aromatic N) is 2. The molecule has 0 saturated heterocycles. The van der Waals surface area contributed by atoms with Gasteiger partial charge in [-0.2, -0.15) is 0 Å². The molecule has 148 valence electrons. The Balaban J connectivity index is 1.92. The van der Waals surface area contributed by atoms with Crippen LogP contribution in [0.3, 0.4) is 0 Å². The molecule has 29 heavy (non-hydrogen) atoms. The third-order valence-corrected chi connectivity index (χ3v) is 5.94. The number of hydrogen-bond donors (Lipinski definition) is 1. The molecule has 0 bridgehead atoms. The number of pyridine rings is 1. The molecule has 2 aromatic carbocycles. The average Bonchev–Trinajstić information content (AvgIpc) is 2.72. The first-order valence-electron chi connectivity index (χ1n) is 8.95. The second-order valence-electron chi connectivity index (χ2n) is 6.31. The predicted molar refractivity (Wildman–Crippen MR) is 115 cm³/mol. The zero-order chi connectivity index (χ0) is 20.9. The van der Waals surface area contributed by atoms with Crippen molar-refractivity contribution in [3.8, 4) is 0 Å². The topological polar surface area (TPSA) is 79.4 Å². The smallest absolute Gasteiger partial charge is 0.264 e. The normalized spacial score (nSPS) is 10.9. The van der Waals surface area contributed by atoms with Gasteiger partial charge in [-0.3, -0.25) is 9.10 Å². The van der Waals surface area contributed by atoms with Gasteiger partial charge in [-0.25, -0.2) is 13.4 Å². The lowest BCUT2D eigenvalue weighted by molar-refractivity contribution is 0.102. The van der Waals surface area contributed by atoms with Gasteiger partial charge in [0.05, 0.1) is 17.1 Å². The molecule has 0 spiro atoms. The Morgan fingerprint density at radius 3 is 2.48 bits per heavy atom. The van der Waals surface area contributed by atoms with Crippen molar-refractivity contribution in [2.75, 3.05) is 16.2 Å². The molecule has 7 heteroatoms. The second kappa shape index (κ2) is 8.70. The number of aromatic nitrogens is 1. The van der Waals surface area contributed by atoms with E-state index in [4.69, 9.17) is 0 Å². The minimum atomic E-state index is -3.89. The molecule has 3 aromatic rings. The van der Waals surface area contributed by atoms with Gasteiger partial charge in [0.2, 0.25) is 0 Å². The van der Waals surface area contributed by atoms with Crippen LogP contribution in [-0.2, 0) is 10.0 Å². The fourth-order valence-corrected chi connectivity index (χ4v) is 4.26. The third-order valence-electron chi connectivity index (χ3n) is 4.15. The molecule has 0 aliphatic heterocycles. The molecule has 0 fully saturated rings. The fraction of sp³-hybridized carbons (Fsp3) is 0.0909. The highest BCUT2D eigenvalue weighted by Crippen LogP contribution is 2.24. The number of hydrogen-bond acceptors (Lipinski definition) is 4. The van der Waals surface area contributed by atoms with Crippen LogP contribution < -0.4 is 9.62 Å². The quantitative estimate of drug-likeness (QED) is 0.600. The van der Waals surface area contributed by atoms with Gasteiger partial charge in [0.15, 0.2) is 0 Å². The third kappa shape index (κ3) is 4.70. The van der Waals surface area contributed by atoms with E-state index in [9.17, 15) is 13.2 Å². The van der Waals surface area contributed by atoms with Crippen LogP contribution in [0.25, 0.3) is 0 Å². The number of amides is 1. The number of para-hydroxylation sites is 1. The molecule has 1 heterocycles. The lowest BCUT2D eigenvalue weighted by atomic mass is 10.2. The number of nitrogens with one attached hydrogen (secondary N) is 1. The van der Waals surface area contributed by atoms with Gasteiger partial charge in [-0.15, -0.1) is 6.58 Å². The maximum Gasteiger partial charge on any atom is 0.264 e. The summed E-state index contributed by atoms with van der Waals surface area (Å²) < 4.78 is 27.7. The van der Waals surface area contributed by atoms with Gasteiger partial charge in [0, 0.05) is 11.3 Å². The molecule has 3 rings (SSSR count). The van der Waals surface area contributed by atoms with E-state index in [0.29, 0.717) is 11.5 Å². The molecule has 6 nitrogen and oxygen atoms in total. The van der Waals surface area contributed by atoms with Gasteiger partial charge in [0.1, 0.15) is 5.82 Å². The van der Waals surface area contributed by atoms with E-state index >= 15 is 0 Å². The summed E-state index contributed by atoms with van der Waals surface area (Å²) in [5.74, 6) is -0.0315. The Labute approximate surface area is 170 Å². The highest BCUT2D eigenvalue weighted by molar-refractivity contribution is 7.92. The van der Waals surface area contributed by atoms with Crippen LogP contribution in [0.15, 0.2) is 90.3 Å². The van der Waals surface area contributed by atoms with Crippen LogP contribution in [0, 0.1) is 6.92 Å². The second-order valence-corrected chi connectivity index (χ2v) is 8.17. The number of anilines is 2. The number of benzene rings is 2. The van der Waals surface area contributed by atoms with Crippen molar-refractivity contribution in [1.82, 2.24) is 4.98 Å². The van der Waals surface area contributed by atoms with Crippen LogP contribution >= 0.6 is 0 Å². The van der Waals surface area contributed by atoms with Gasteiger partial charge in [0.25, 0.3) is 15.9 Å². The zero-order valence-electron chi connectivity index (χ0n) is 15.9. The molecule has 0 radical (unpaired) electrons. The van der Waals surface area contributed by atoms with Crippen LogP contribution in [0.1, 0.15) is 16.1 Å². The van der Waals surface area contributed by atoms with Crippen molar-refractivity contribution in [3.63, 3.8) is 0 Å². The van der Waals surface area contributed by atoms with Crippen molar-refractivity contribution in [2.45, 2.75) is 11.8 Å². The summed E-state index contributed by atoms with van der Waals surface area (Å²) in [7, 11) is -3.89. The molecule has 0 saturated carbocycles. The number of aryl methyl sites for hydroxylation is 1. The SMILES string of the molecule is C=CCN(c1ccccc1)S(=O)(=O)c1cccc(C(=O)Nc2cccc(C)n2)c1. The lowest BCUT2D eigenvalue weighted by Gasteiger charge is -2.23. The standard InChI is InChI=1S/C22H21N3O3S/c1-3-15-25(19-11-5-4-6-12-19)29(27,28)20-13-8-10-18(16-20)22(26)24-21-14-7-9-17(2)23-21/h3-14,16H,1,15H2,2H3,(H,23,24,26). The number of sulfonamides is 1. The van der Waals surface area contributed by atoms with Gasteiger partial charge < -0.3 is 5.32 Å².